The van der Waals surface area contributed by atoms with Crippen molar-refractivity contribution < 1.29 is 19.1 Å². The maximum absolute atomic E-state index is 13.3. The number of carbonyl (C=O) groups excluding carboxylic acids is 2. The van der Waals surface area contributed by atoms with Crippen LogP contribution in [-0.2, 0) is 32.0 Å². The van der Waals surface area contributed by atoms with Crippen LogP contribution in [0.5, 0.6) is 17.5 Å². The standard InChI is InChI=1S/C32H24Cl3N5O6S/c1-37-27-26(29(42)38(2)31(37)43)39(16-19-7-10-21(34)14-22(19)35)30(36-27)46-23-11-6-18(12-24(23)45-3)13-25-28(41)40(32(44)47-25)15-17-4-8-20(33)9-5-17/h4-14H,15-16H2,1-3H3/b25-13+. The second kappa shape index (κ2) is 13.0. The maximum atomic E-state index is 13.3. The molecular formula is C32H24Cl3N5O6S. The number of imidazole rings is 1. The molecule has 0 unspecified atom stereocenters. The Kier molecular flexibility index (Phi) is 8.95. The van der Waals surface area contributed by atoms with E-state index in [-0.39, 0.29) is 51.9 Å². The van der Waals surface area contributed by atoms with Crippen molar-refractivity contribution in [3.63, 3.8) is 0 Å². The average molecular weight is 713 g/mol. The zero-order valence-electron chi connectivity index (χ0n) is 25.0. The Morgan fingerprint density at radius 1 is 0.851 bits per heavy atom. The molecule has 1 aliphatic rings. The Balaban J connectivity index is 1.34. The predicted molar refractivity (Wildman–Crippen MR) is 182 cm³/mol. The largest absolute Gasteiger partial charge is 0.493 e. The predicted octanol–water partition coefficient (Wildman–Crippen LogP) is 6.48. The number of aryl methyl sites for hydroxylation is 1. The Morgan fingerprint density at radius 3 is 2.28 bits per heavy atom. The molecule has 0 bridgehead atoms. The van der Waals surface area contributed by atoms with Gasteiger partial charge in [-0.25, -0.2) is 4.79 Å². The van der Waals surface area contributed by atoms with E-state index < -0.39 is 17.2 Å². The number of fused-ring (bicyclic) bond motifs is 1. The molecule has 3 heterocycles. The van der Waals surface area contributed by atoms with Crippen LogP contribution < -0.4 is 20.7 Å². The molecule has 0 aliphatic carbocycles. The highest BCUT2D eigenvalue weighted by Gasteiger charge is 2.35. The molecule has 0 saturated carbocycles. The number of thioether (sulfide) groups is 1. The number of methoxy groups -OCH3 is 1. The first-order chi connectivity index (χ1) is 22.4. The van der Waals surface area contributed by atoms with Gasteiger partial charge in [0.05, 0.1) is 25.1 Å². The van der Waals surface area contributed by atoms with E-state index in [1.807, 2.05) is 0 Å². The molecule has 2 aromatic heterocycles. The fraction of sp³-hybridized carbons (Fsp3) is 0.156. The van der Waals surface area contributed by atoms with Crippen molar-refractivity contribution in [2.45, 2.75) is 13.1 Å². The van der Waals surface area contributed by atoms with Crippen molar-refractivity contribution in [3.8, 4) is 17.5 Å². The van der Waals surface area contributed by atoms with Gasteiger partial charge in [-0.2, -0.15) is 4.98 Å². The lowest BCUT2D eigenvalue weighted by molar-refractivity contribution is -0.123. The summed E-state index contributed by atoms with van der Waals surface area (Å²) in [5.74, 6) is 0.0983. The van der Waals surface area contributed by atoms with Gasteiger partial charge in [0.25, 0.3) is 16.7 Å². The van der Waals surface area contributed by atoms with Crippen molar-refractivity contribution in [2.75, 3.05) is 7.11 Å². The van der Waals surface area contributed by atoms with E-state index in [4.69, 9.17) is 44.3 Å². The SMILES string of the molecule is COc1cc(/C=C2/SC(=O)N(Cc3ccc(Cl)cc3)C2=O)ccc1Oc1nc2c(c(=O)n(C)c(=O)n2C)n1Cc1ccc(Cl)cc1Cl. The van der Waals surface area contributed by atoms with Crippen LogP contribution in [0, 0.1) is 0 Å². The molecule has 1 fully saturated rings. The minimum absolute atomic E-state index is 0.00122. The van der Waals surface area contributed by atoms with Gasteiger partial charge in [0.15, 0.2) is 22.7 Å². The van der Waals surface area contributed by atoms with Gasteiger partial charge in [0, 0.05) is 29.2 Å². The molecule has 0 spiro atoms. The molecule has 1 aliphatic heterocycles. The van der Waals surface area contributed by atoms with E-state index in [0.29, 0.717) is 26.2 Å². The number of hydrogen-bond donors (Lipinski definition) is 0. The van der Waals surface area contributed by atoms with E-state index in [1.165, 1.54) is 35.2 Å². The highest BCUT2D eigenvalue weighted by molar-refractivity contribution is 8.18. The van der Waals surface area contributed by atoms with Crippen LogP contribution in [0.25, 0.3) is 17.2 Å². The lowest BCUT2D eigenvalue weighted by atomic mass is 10.1. The molecule has 2 amide bonds. The molecule has 5 aromatic rings. The number of ether oxygens (including phenoxy) is 2. The normalized spacial score (nSPS) is 14.1. The van der Waals surface area contributed by atoms with E-state index >= 15 is 0 Å². The van der Waals surface area contributed by atoms with Crippen LogP contribution in [0.1, 0.15) is 16.7 Å². The number of nitrogens with zero attached hydrogens (tertiary/aromatic N) is 5. The molecule has 0 atom stereocenters. The molecular weight excluding hydrogens is 689 g/mol. The second-order valence-electron chi connectivity index (χ2n) is 10.5. The van der Waals surface area contributed by atoms with Crippen molar-refractivity contribution in [2.24, 2.45) is 14.1 Å². The number of imide groups is 1. The van der Waals surface area contributed by atoms with Crippen molar-refractivity contribution in [1.29, 1.82) is 0 Å². The fourth-order valence-corrected chi connectivity index (χ4v) is 6.42. The number of rotatable bonds is 8. The van der Waals surface area contributed by atoms with Gasteiger partial charge >= 0.3 is 11.7 Å². The maximum Gasteiger partial charge on any atom is 0.332 e. The number of aromatic nitrogens is 4. The molecule has 15 heteroatoms. The average Bonchev–Trinajstić information content (AvgIpc) is 3.53. The van der Waals surface area contributed by atoms with E-state index in [0.717, 1.165) is 21.9 Å². The third-order valence-corrected chi connectivity index (χ3v) is 9.22. The quantitative estimate of drug-likeness (QED) is 0.168. The summed E-state index contributed by atoms with van der Waals surface area (Å²) in [6, 6.07) is 16.8. The fourth-order valence-electron chi connectivity index (χ4n) is 4.99. The number of benzene rings is 3. The van der Waals surface area contributed by atoms with Gasteiger partial charge in [-0.1, -0.05) is 59.1 Å². The van der Waals surface area contributed by atoms with Gasteiger partial charge in [0.1, 0.15) is 0 Å². The first-order valence-electron chi connectivity index (χ1n) is 13.9. The van der Waals surface area contributed by atoms with Crippen LogP contribution in [0.4, 0.5) is 4.79 Å². The van der Waals surface area contributed by atoms with Crippen LogP contribution in [0.2, 0.25) is 15.1 Å². The lowest BCUT2D eigenvalue weighted by Crippen LogP contribution is -2.37. The summed E-state index contributed by atoms with van der Waals surface area (Å²) in [6.07, 6.45) is 1.59. The first-order valence-corrected chi connectivity index (χ1v) is 15.9. The van der Waals surface area contributed by atoms with Gasteiger partial charge in [-0.3, -0.25) is 33.0 Å². The topological polar surface area (TPSA) is 118 Å². The third kappa shape index (κ3) is 6.29. The van der Waals surface area contributed by atoms with E-state index in [1.54, 1.807) is 66.7 Å². The Labute approximate surface area is 286 Å². The Morgan fingerprint density at radius 2 is 1.57 bits per heavy atom. The van der Waals surface area contributed by atoms with Gasteiger partial charge < -0.3 is 9.47 Å². The Bertz CT molecular complexity index is 2240. The summed E-state index contributed by atoms with van der Waals surface area (Å²) in [7, 11) is 4.33. The molecule has 0 N–H and O–H groups in total. The molecule has 1 saturated heterocycles. The van der Waals surface area contributed by atoms with Crippen LogP contribution >= 0.6 is 46.6 Å². The minimum atomic E-state index is -0.567. The van der Waals surface area contributed by atoms with Crippen LogP contribution in [0.3, 0.4) is 0 Å². The summed E-state index contributed by atoms with van der Waals surface area (Å²) >= 11 is 19.4. The summed E-state index contributed by atoms with van der Waals surface area (Å²) in [5.41, 5.74) is 1.09. The van der Waals surface area contributed by atoms with Crippen molar-refractivity contribution >= 4 is 75.0 Å². The Hall–Kier alpha value is -4.49. The van der Waals surface area contributed by atoms with Crippen LogP contribution in [-0.4, -0.2) is 41.8 Å². The first kappa shape index (κ1) is 32.5. The number of hydrogen-bond acceptors (Lipinski definition) is 8. The van der Waals surface area contributed by atoms with Gasteiger partial charge in [-0.05, 0) is 70.9 Å². The molecule has 11 nitrogen and oxygen atoms in total. The molecule has 0 radical (unpaired) electrons. The molecule has 47 heavy (non-hydrogen) atoms. The zero-order valence-corrected chi connectivity index (χ0v) is 28.1. The van der Waals surface area contributed by atoms with Crippen LogP contribution in [0.15, 0.2) is 75.2 Å². The minimum Gasteiger partial charge on any atom is -0.493 e. The summed E-state index contributed by atoms with van der Waals surface area (Å²) < 4.78 is 15.6. The molecule has 3 aromatic carbocycles. The van der Waals surface area contributed by atoms with Crippen molar-refractivity contribution in [1.82, 2.24) is 23.6 Å². The van der Waals surface area contributed by atoms with Crippen molar-refractivity contribution in [3.05, 3.63) is 118 Å². The summed E-state index contributed by atoms with van der Waals surface area (Å²) in [6.45, 7) is 0.188. The third-order valence-electron chi connectivity index (χ3n) is 7.47. The number of carbonyl (C=O) groups is 2. The highest BCUT2D eigenvalue weighted by Crippen LogP contribution is 2.37. The van der Waals surface area contributed by atoms with Gasteiger partial charge in [-0.15, -0.1) is 0 Å². The summed E-state index contributed by atoms with van der Waals surface area (Å²) in [4.78, 5) is 57.8. The van der Waals surface area contributed by atoms with E-state index in [2.05, 4.69) is 4.98 Å². The lowest BCUT2D eigenvalue weighted by Gasteiger charge is -2.14. The zero-order chi connectivity index (χ0) is 33.6. The summed E-state index contributed by atoms with van der Waals surface area (Å²) in [5, 5.41) is 0.983. The smallest absolute Gasteiger partial charge is 0.332 e. The molecule has 6 rings (SSSR count). The number of halogens is 3. The molecule has 240 valence electrons. The van der Waals surface area contributed by atoms with E-state index in [9.17, 15) is 19.2 Å². The number of amides is 2. The highest BCUT2D eigenvalue weighted by atomic mass is 35.5. The monoisotopic (exact) mass is 711 g/mol. The second-order valence-corrected chi connectivity index (χ2v) is 12.8. The van der Waals surface area contributed by atoms with Gasteiger partial charge in [0.2, 0.25) is 0 Å².